The standard InChI is InChI=1S/C12H15FO2S/c1-9(16(13,14)15)11-7-6-10-4-2-3-5-12(10)8-11/h6-9H,2-5H2,1H3. The molecule has 1 atom stereocenters. The fourth-order valence-corrected chi connectivity index (χ4v) is 2.64. The summed E-state index contributed by atoms with van der Waals surface area (Å²) in [5, 5.41) is -1.06. The van der Waals surface area contributed by atoms with Crippen LogP contribution in [0.3, 0.4) is 0 Å². The lowest BCUT2D eigenvalue weighted by Crippen LogP contribution is -2.07. The summed E-state index contributed by atoms with van der Waals surface area (Å²) in [6.07, 6.45) is 4.34. The summed E-state index contributed by atoms with van der Waals surface area (Å²) in [6.45, 7) is 1.39. The molecule has 1 aromatic rings. The topological polar surface area (TPSA) is 34.1 Å². The van der Waals surface area contributed by atoms with E-state index >= 15 is 0 Å². The van der Waals surface area contributed by atoms with E-state index in [1.165, 1.54) is 24.5 Å². The van der Waals surface area contributed by atoms with E-state index < -0.39 is 15.5 Å². The molecule has 2 nitrogen and oxygen atoms in total. The van der Waals surface area contributed by atoms with Crippen molar-refractivity contribution in [3.63, 3.8) is 0 Å². The summed E-state index contributed by atoms with van der Waals surface area (Å²) in [7, 11) is -4.48. The zero-order chi connectivity index (χ0) is 11.8. The largest absolute Gasteiger partial charge is 0.309 e. The molecule has 0 spiro atoms. The quantitative estimate of drug-likeness (QED) is 0.747. The predicted molar refractivity (Wildman–Crippen MR) is 61.5 cm³/mol. The third kappa shape index (κ3) is 2.26. The lowest BCUT2D eigenvalue weighted by molar-refractivity contribution is 0.540. The van der Waals surface area contributed by atoms with Gasteiger partial charge in [-0.05, 0) is 49.3 Å². The maximum Gasteiger partial charge on any atom is 0.309 e. The van der Waals surface area contributed by atoms with Crippen molar-refractivity contribution >= 4 is 10.2 Å². The molecule has 88 valence electrons. The van der Waals surface area contributed by atoms with Crippen LogP contribution >= 0.6 is 0 Å². The molecule has 16 heavy (non-hydrogen) atoms. The van der Waals surface area contributed by atoms with E-state index in [0.717, 1.165) is 19.3 Å². The second-order valence-corrected chi connectivity index (χ2v) is 6.01. The highest BCUT2D eigenvalue weighted by molar-refractivity contribution is 7.86. The van der Waals surface area contributed by atoms with Gasteiger partial charge in [0.1, 0.15) is 5.25 Å². The van der Waals surface area contributed by atoms with Crippen LogP contribution in [0.1, 0.15) is 41.7 Å². The van der Waals surface area contributed by atoms with Crippen LogP contribution in [-0.4, -0.2) is 8.42 Å². The summed E-state index contributed by atoms with van der Waals surface area (Å²) >= 11 is 0. The molecule has 4 heteroatoms. The highest BCUT2D eigenvalue weighted by Crippen LogP contribution is 2.28. The lowest BCUT2D eigenvalue weighted by atomic mass is 9.90. The zero-order valence-corrected chi connectivity index (χ0v) is 10.1. The Labute approximate surface area is 95.7 Å². The Morgan fingerprint density at radius 1 is 1.19 bits per heavy atom. The van der Waals surface area contributed by atoms with Gasteiger partial charge in [-0.1, -0.05) is 18.2 Å². The van der Waals surface area contributed by atoms with Crippen LogP contribution < -0.4 is 0 Å². The molecule has 1 aromatic carbocycles. The predicted octanol–water partition coefficient (Wildman–Crippen LogP) is 2.93. The normalized spacial score (nSPS) is 17.9. The molecule has 1 unspecified atom stereocenters. The van der Waals surface area contributed by atoms with Crippen LogP contribution in [0.25, 0.3) is 0 Å². The highest BCUT2D eigenvalue weighted by atomic mass is 32.3. The van der Waals surface area contributed by atoms with Gasteiger partial charge in [0.2, 0.25) is 0 Å². The van der Waals surface area contributed by atoms with Crippen molar-refractivity contribution in [1.29, 1.82) is 0 Å². The molecule has 0 fully saturated rings. The Morgan fingerprint density at radius 3 is 2.44 bits per heavy atom. The Morgan fingerprint density at radius 2 is 1.81 bits per heavy atom. The van der Waals surface area contributed by atoms with Gasteiger partial charge in [0.15, 0.2) is 0 Å². The molecule has 0 aromatic heterocycles. The van der Waals surface area contributed by atoms with Crippen molar-refractivity contribution in [2.45, 2.75) is 37.9 Å². The molecule has 0 saturated carbocycles. The molecule has 0 N–H and O–H groups in total. The molecular formula is C12H15FO2S. The van der Waals surface area contributed by atoms with Crippen LogP contribution in [0, 0.1) is 0 Å². The third-order valence-corrected chi connectivity index (χ3v) is 4.38. The van der Waals surface area contributed by atoms with Gasteiger partial charge >= 0.3 is 10.2 Å². The molecule has 0 aliphatic heterocycles. The lowest BCUT2D eigenvalue weighted by Gasteiger charge is -2.17. The van der Waals surface area contributed by atoms with Crippen LogP contribution in [0.4, 0.5) is 3.89 Å². The number of aryl methyl sites for hydroxylation is 2. The molecule has 1 aliphatic carbocycles. The van der Waals surface area contributed by atoms with Gasteiger partial charge in [-0.3, -0.25) is 0 Å². The molecule has 0 heterocycles. The highest BCUT2D eigenvalue weighted by Gasteiger charge is 2.22. The fraction of sp³-hybridized carbons (Fsp3) is 0.500. The first-order valence-electron chi connectivity index (χ1n) is 5.53. The molecule has 0 radical (unpaired) electrons. The number of hydrogen-bond acceptors (Lipinski definition) is 2. The second-order valence-electron chi connectivity index (χ2n) is 4.35. The van der Waals surface area contributed by atoms with Crippen LogP contribution in [-0.2, 0) is 23.1 Å². The molecule has 0 bridgehead atoms. The molecule has 0 saturated heterocycles. The van der Waals surface area contributed by atoms with Gasteiger partial charge < -0.3 is 0 Å². The van der Waals surface area contributed by atoms with E-state index in [-0.39, 0.29) is 0 Å². The number of benzene rings is 1. The Bertz CT molecular complexity index is 494. The van der Waals surface area contributed by atoms with Gasteiger partial charge in [0, 0.05) is 0 Å². The first-order chi connectivity index (χ1) is 7.48. The average molecular weight is 242 g/mol. The smallest absolute Gasteiger partial charge is 0.194 e. The van der Waals surface area contributed by atoms with Crippen LogP contribution in [0.5, 0.6) is 0 Å². The van der Waals surface area contributed by atoms with Gasteiger partial charge in [0.05, 0.1) is 0 Å². The van der Waals surface area contributed by atoms with Crippen molar-refractivity contribution in [3.8, 4) is 0 Å². The summed E-state index contributed by atoms with van der Waals surface area (Å²) in [5.41, 5.74) is 3.01. The first-order valence-corrected chi connectivity index (χ1v) is 6.98. The average Bonchev–Trinajstić information content (AvgIpc) is 2.26. The minimum absolute atomic E-state index is 0.558. The van der Waals surface area contributed by atoms with E-state index in [9.17, 15) is 12.3 Å². The van der Waals surface area contributed by atoms with Crippen LogP contribution in [0.2, 0.25) is 0 Å². The fourth-order valence-electron chi connectivity index (χ4n) is 2.17. The summed E-state index contributed by atoms with van der Waals surface area (Å²) in [5.74, 6) is 0. The van der Waals surface area contributed by atoms with E-state index in [2.05, 4.69) is 0 Å². The van der Waals surface area contributed by atoms with Crippen molar-refractivity contribution in [3.05, 3.63) is 34.9 Å². The van der Waals surface area contributed by atoms with E-state index in [4.69, 9.17) is 0 Å². The Kier molecular flexibility index (Phi) is 3.02. The Balaban J connectivity index is 2.37. The number of hydrogen-bond donors (Lipinski definition) is 0. The maximum atomic E-state index is 12.9. The van der Waals surface area contributed by atoms with Crippen LogP contribution in [0.15, 0.2) is 18.2 Å². The minimum atomic E-state index is -4.48. The minimum Gasteiger partial charge on any atom is -0.194 e. The number of rotatable bonds is 2. The maximum absolute atomic E-state index is 12.9. The van der Waals surface area contributed by atoms with Crippen molar-refractivity contribution in [2.24, 2.45) is 0 Å². The number of fused-ring (bicyclic) bond motifs is 1. The van der Waals surface area contributed by atoms with Gasteiger partial charge in [-0.15, -0.1) is 3.89 Å². The summed E-state index contributed by atoms with van der Waals surface area (Å²) in [4.78, 5) is 0. The van der Waals surface area contributed by atoms with Gasteiger partial charge in [-0.25, -0.2) is 0 Å². The van der Waals surface area contributed by atoms with Crippen molar-refractivity contribution < 1.29 is 12.3 Å². The van der Waals surface area contributed by atoms with Crippen molar-refractivity contribution in [1.82, 2.24) is 0 Å². The second kappa shape index (κ2) is 4.17. The number of halogens is 1. The third-order valence-electron chi connectivity index (χ3n) is 3.26. The molecular weight excluding hydrogens is 227 g/mol. The van der Waals surface area contributed by atoms with E-state index in [1.54, 1.807) is 6.07 Å². The molecule has 0 amide bonds. The zero-order valence-electron chi connectivity index (χ0n) is 9.24. The van der Waals surface area contributed by atoms with Crippen molar-refractivity contribution in [2.75, 3.05) is 0 Å². The summed E-state index contributed by atoms with van der Waals surface area (Å²) < 4.78 is 34.5. The van der Waals surface area contributed by atoms with Gasteiger partial charge in [0.25, 0.3) is 0 Å². The Hall–Kier alpha value is -0.900. The molecule has 1 aliphatic rings. The monoisotopic (exact) mass is 242 g/mol. The first kappa shape index (κ1) is 11.6. The van der Waals surface area contributed by atoms with E-state index in [1.807, 2.05) is 12.1 Å². The SMILES string of the molecule is CC(c1ccc2c(c1)CCCC2)S(=O)(=O)F. The summed E-state index contributed by atoms with van der Waals surface area (Å²) in [6, 6.07) is 5.51. The van der Waals surface area contributed by atoms with Gasteiger partial charge in [-0.2, -0.15) is 8.42 Å². The molecule has 2 rings (SSSR count). The van der Waals surface area contributed by atoms with E-state index in [0.29, 0.717) is 5.56 Å².